The van der Waals surface area contributed by atoms with Gasteiger partial charge in [-0.05, 0) is 72.9 Å². The topological polar surface area (TPSA) is 67.5 Å². The molecule has 2 aromatic carbocycles. The van der Waals surface area contributed by atoms with E-state index in [0.717, 1.165) is 29.7 Å². The Bertz CT molecular complexity index is 1370. The summed E-state index contributed by atoms with van der Waals surface area (Å²) in [5.41, 5.74) is 1.35. The zero-order valence-electron chi connectivity index (χ0n) is 24.0. The van der Waals surface area contributed by atoms with E-state index in [1.54, 1.807) is 19.4 Å². The van der Waals surface area contributed by atoms with Crippen LogP contribution in [0, 0.1) is 0 Å². The van der Waals surface area contributed by atoms with Gasteiger partial charge in [0.15, 0.2) is 14.0 Å². The van der Waals surface area contributed by atoms with E-state index in [1.165, 1.54) is 5.39 Å². The lowest BCUT2D eigenvalue weighted by Crippen LogP contribution is -2.45. The Labute approximate surface area is 232 Å². The van der Waals surface area contributed by atoms with Crippen LogP contribution in [-0.2, 0) is 15.7 Å². The van der Waals surface area contributed by atoms with Crippen molar-refractivity contribution in [3.8, 4) is 11.4 Å². The van der Waals surface area contributed by atoms with Gasteiger partial charge < -0.3 is 23.0 Å². The summed E-state index contributed by atoms with van der Waals surface area (Å²) in [6, 6.07) is 16.7. The molecule has 0 bridgehead atoms. The number of rotatable bonds is 12. The Morgan fingerprint density at radius 2 is 1.74 bits per heavy atom. The van der Waals surface area contributed by atoms with Gasteiger partial charge in [0, 0.05) is 25.1 Å². The van der Waals surface area contributed by atoms with Crippen molar-refractivity contribution in [2.24, 2.45) is 0 Å². The molecule has 2 aromatic heterocycles. The number of esters is 1. The van der Waals surface area contributed by atoms with Gasteiger partial charge in [0.1, 0.15) is 5.75 Å². The Morgan fingerprint density at radius 3 is 2.41 bits per heavy atom. The number of hydrogen-bond acceptors (Lipinski definition) is 5. The van der Waals surface area contributed by atoms with E-state index in [1.807, 2.05) is 35.2 Å². The average Bonchev–Trinajstić information content (AvgIpc) is 3.58. The van der Waals surface area contributed by atoms with Crippen LogP contribution in [-0.4, -0.2) is 47.7 Å². The molecule has 4 rings (SSSR count). The van der Waals surface area contributed by atoms with Crippen LogP contribution in [0.2, 0.25) is 18.1 Å². The summed E-state index contributed by atoms with van der Waals surface area (Å²) in [4.78, 5) is 16.3. The second-order valence-electron chi connectivity index (χ2n) is 11.4. The summed E-state index contributed by atoms with van der Waals surface area (Å²) in [5, 5.41) is 2.42. The fraction of sp³-hybridized carbons (Fsp3) is 0.419. The number of benzene rings is 2. The third-order valence-electron chi connectivity index (χ3n) is 7.44. The van der Waals surface area contributed by atoms with Crippen LogP contribution in [0.5, 0.6) is 5.75 Å². The van der Waals surface area contributed by atoms with Crippen molar-refractivity contribution < 1.29 is 18.7 Å². The Hall–Kier alpha value is -3.36. The van der Waals surface area contributed by atoms with E-state index >= 15 is 0 Å². The molecule has 7 nitrogen and oxygen atoms in total. The molecule has 0 aliphatic carbocycles. The molecule has 0 aliphatic heterocycles. The first-order valence-corrected chi connectivity index (χ1v) is 16.6. The summed E-state index contributed by atoms with van der Waals surface area (Å²) in [6.45, 7) is 14.6. The fourth-order valence-electron chi connectivity index (χ4n) is 4.30. The zero-order chi connectivity index (χ0) is 28.0. The Morgan fingerprint density at radius 1 is 1.05 bits per heavy atom. The third-order valence-corrected chi connectivity index (χ3v) is 12.0. The maximum Gasteiger partial charge on any atom is 0.358 e. The zero-order valence-corrected chi connectivity index (χ0v) is 25.0. The second kappa shape index (κ2) is 12.2. The molecule has 0 radical (unpaired) electrons. The molecule has 0 fully saturated rings. The maximum atomic E-state index is 12.1. The standard InChI is InChI=1S/C31H41N3O4Si/c1-7-36-30(35)27-22-33(23-32-27)21-26(38-39(5,6)31(2,3)4)15-12-18-37-29-20-25-14-9-8-13-24(25)19-28(29)34-16-10-11-17-34/h8-11,13-14,16-17,19-20,22-23,26H,7,12,15,18,21H2,1-6H3. The van der Waals surface area contributed by atoms with Crippen molar-refractivity contribution in [2.45, 2.75) is 71.3 Å². The van der Waals surface area contributed by atoms with E-state index < -0.39 is 14.3 Å². The summed E-state index contributed by atoms with van der Waals surface area (Å²) in [5.74, 6) is 0.459. The highest BCUT2D eigenvalue weighted by Gasteiger charge is 2.39. The minimum Gasteiger partial charge on any atom is -0.491 e. The van der Waals surface area contributed by atoms with Gasteiger partial charge in [-0.15, -0.1) is 0 Å². The first-order valence-electron chi connectivity index (χ1n) is 13.7. The summed E-state index contributed by atoms with van der Waals surface area (Å²) < 4.78 is 22.3. The molecule has 2 heterocycles. The van der Waals surface area contributed by atoms with Gasteiger partial charge in [0.05, 0.1) is 31.3 Å². The van der Waals surface area contributed by atoms with Crippen LogP contribution in [0.1, 0.15) is 51.0 Å². The number of hydrogen-bond donors (Lipinski definition) is 0. The van der Waals surface area contributed by atoms with Crippen molar-refractivity contribution >= 4 is 25.1 Å². The molecular weight excluding hydrogens is 506 g/mol. The van der Waals surface area contributed by atoms with Crippen LogP contribution in [0.15, 0.2) is 73.4 Å². The molecular formula is C31H41N3O4Si. The number of carbonyl (C=O) groups excluding carboxylic acids is 1. The summed E-state index contributed by atoms with van der Waals surface area (Å²) in [6.07, 6.45) is 9.13. The van der Waals surface area contributed by atoms with E-state index in [4.69, 9.17) is 13.9 Å². The van der Waals surface area contributed by atoms with Crippen LogP contribution in [0.4, 0.5) is 0 Å². The quantitative estimate of drug-likeness (QED) is 0.106. The molecule has 39 heavy (non-hydrogen) atoms. The number of imidazole rings is 1. The molecule has 0 spiro atoms. The van der Waals surface area contributed by atoms with E-state index in [0.29, 0.717) is 25.5 Å². The molecule has 4 aromatic rings. The molecule has 1 atom stereocenters. The normalized spacial score (nSPS) is 13.0. The molecule has 8 heteroatoms. The average molecular weight is 548 g/mol. The van der Waals surface area contributed by atoms with Gasteiger partial charge in [-0.2, -0.15) is 0 Å². The van der Waals surface area contributed by atoms with Gasteiger partial charge in [-0.1, -0.05) is 45.0 Å². The molecule has 0 N–H and O–H groups in total. The van der Waals surface area contributed by atoms with Gasteiger partial charge in [0.25, 0.3) is 0 Å². The predicted octanol–water partition coefficient (Wildman–Crippen LogP) is 7.25. The van der Waals surface area contributed by atoms with Gasteiger partial charge in [0.2, 0.25) is 0 Å². The van der Waals surface area contributed by atoms with Gasteiger partial charge >= 0.3 is 5.97 Å². The lowest BCUT2D eigenvalue weighted by Gasteiger charge is -2.39. The van der Waals surface area contributed by atoms with E-state index in [9.17, 15) is 4.79 Å². The Kier molecular flexibility index (Phi) is 8.97. The van der Waals surface area contributed by atoms with Crippen LogP contribution in [0.25, 0.3) is 16.5 Å². The van der Waals surface area contributed by atoms with E-state index in [2.05, 4.69) is 73.7 Å². The number of ether oxygens (including phenoxy) is 2. The lowest BCUT2D eigenvalue weighted by molar-refractivity contribution is 0.0519. The van der Waals surface area contributed by atoms with Crippen molar-refractivity contribution in [3.63, 3.8) is 0 Å². The molecule has 1 unspecified atom stereocenters. The monoisotopic (exact) mass is 547 g/mol. The number of nitrogens with zero attached hydrogens (tertiary/aromatic N) is 3. The van der Waals surface area contributed by atoms with Crippen LogP contribution >= 0.6 is 0 Å². The van der Waals surface area contributed by atoms with Gasteiger partial charge in [-0.3, -0.25) is 0 Å². The Balaban J connectivity index is 1.46. The van der Waals surface area contributed by atoms with Crippen molar-refractivity contribution in [1.82, 2.24) is 14.1 Å². The first kappa shape index (κ1) is 28.6. The number of aromatic nitrogens is 3. The van der Waals surface area contributed by atoms with E-state index in [-0.39, 0.29) is 11.1 Å². The summed E-state index contributed by atoms with van der Waals surface area (Å²) >= 11 is 0. The minimum atomic E-state index is -2.02. The van der Waals surface area contributed by atoms with Gasteiger partial charge in [-0.25, -0.2) is 9.78 Å². The smallest absolute Gasteiger partial charge is 0.358 e. The first-order chi connectivity index (χ1) is 18.6. The maximum absolute atomic E-state index is 12.1. The number of carbonyl (C=O) groups is 1. The van der Waals surface area contributed by atoms with Crippen molar-refractivity contribution in [1.29, 1.82) is 0 Å². The highest BCUT2D eigenvalue weighted by Crippen LogP contribution is 2.38. The van der Waals surface area contributed by atoms with Crippen molar-refractivity contribution in [3.05, 3.63) is 79.1 Å². The lowest BCUT2D eigenvalue weighted by atomic mass is 10.1. The van der Waals surface area contributed by atoms with Crippen molar-refractivity contribution in [2.75, 3.05) is 13.2 Å². The SMILES string of the molecule is CCOC(=O)c1cn(CC(CCCOc2cc3ccccc3cc2-n2cccc2)O[Si](C)(C)C(C)(C)C)cn1. The minimum absolute atomic E-state index is 0.0285. The molecule has 0 aliphatic rings. The molecule has 0 saturated heterocycles. The predicted molar refractivity (Wildman–Crippen MR) is 158 cm³/mol. The number of fused-ring (bicyclic) bond motifs is 1. The fourth-order valence-corrected chi connectivity index (χ4v) is 5.68. The molecule has 0 amide bonds. The van der Waals surface area contributed by atoms with Crippen LogP contribution < -0.4 is 4.74 Å². The molecule has 208 valence electrons. The second-order valence-corrected chi connectivity index (χ2v) is 16.2. The molecule has 0 saturated carbocycles. The summed E-state index contributed by atoms with van der Waals surface area (Å²) in [7, 11) is -2.02. The highest BCUT2D eigenvalue weighted by molar-refractivity contribution is 6.74. The largest absolute Gasteiger partial charge is 0.491 e. The highest BCUT2D eigenvalue weighted by atomic mass is 28.4. The van der Waals surface area contributed by atoms with Crippen LogP contribution in [0.3, 0.4) is 0 Å². The third kappa shape index (κ3) is 7.19.